The standard InChI is InChI=1S/C10H9N3O2.K.H/c1-7-2-3-9(8(6-7)10(14)15)13-11-4-5-12-13;;/h2-6H,1H3,(H,14,15);;. The number of carboxylic acid groups (broad SMARTS) is 1. The average Bonchev–Trinajstić information content (AvgIpc) is 2.70. The molecular weight excluding hydrogens is 233 g/mol. The number of benzene rings is 1. The SMILES string of the molecule is Cc1ccc(-n2nccn2)c(C(=O)O)c1.[KH]. The molecule has 0 spiro atoms. The van der Waals surface area contributed by atoms with E-state index in [4.69, 9.17) is 5.11 Å². The number of carbonyl (C=O) groups is 1. The van der Waals surface area contributed by atoms with E-state index in [0.29, 0.717) is 5.69 Å². The van der Waals surface area contributed by atoms with E-state index < -0.39 is 5.97 Å². The Bertz CT molecular complexity index is 497. The number of aromatic nitrogens is 3. The molecule has 6 heteroatoms. The third kappa shape index (κ3) is 2.77. The zero-order valence-corrected chi connectivity index (χ0v) is 8.08. The molecular formula is C10H10KN3O2. The molecule has 0 saturated heterocycles. The summed E-state index contributed by atoms with van der Waals surface area (Å²) in [7, 11) is 0. The van der Waals surface area contributed by atoms with E-state index >= 15 is 0 Å². The van der Waals surface area contributed by atoms with Crippen LogP contribution in [0.3, 0.4) is 0 Å². The van der Waals surface area contributed by atoms with E-state index in [-0.39, 0.29) is 56.9 Å². The second-order valence-corrected chi connectivity index (χ2v) is 3.14. The Morgan fingerprint density at radius 3 is 2.50 bits per heavy atom. The van der Waals surface area contributed by atoms with Crippen molar-refractivity contribution in [1.82, 2.24) is 15.0 Å². The summed E-state index contributed by atoms with van der Waals surface area (Å²) in [6.07, 6.45) is 3.01. The minimum absolute atomic E-state index is 0. The molecule has 5 nitrogen and oxygen atoms in total. The van der Waals surface area contributed by atoms with Crippen molar-refractivity contribution in [3.05, 3.63) is 41.7 Å². The second kappa shape index (κ2) is 5.69. The molecule has 16 heavy (non-hydrogen) atoms. The van der Waals surface area contributed by atoms with Crippen molar-refractivity contribution in [2.24, 2.45) is 0 Å². The number of aryl methyl sites for hydroxylation is 1. The molecule has 1 aromatic heterocycles. The Hall–Kier alpha value is -0.534. The zero-order chi connectivity index (χ0) is 10.8. The summed E-state index contributed by atoms with van der Waals surface area (Å²) in [6, 6.07) is 5.12. The molecule has 0 fully saturated rings. The van der Waals surface area contributed by atoms with Crippen LogP contribution in [0.4, 0.5) is 0 Å². The van der Waals surface area contributed by atoms with Gasteiger partial charge in [-0.2, -0.15) is 15.0 Å². The van der Waals surface area contributed by atoms with Crippen molar-refractivity contribution in [3.8, 4) is 5.69 Å². The average molecular weight is 243 g/mol. The number of aromatic carboxylic acids is 1. The van der Waals surface area contributed by atoms with Gasteiger partial charge in [-0.05, 0) is 19.1 Å². The Morgan fingerprint density at radius 1 is 1.31 bits per heavy atom. The molecule has 0 unspecified atom stereocenters. The molecule has 78 valence electrons. The van der Waals surface area contributed by atoms with E-state index in [1.165, 1.54) is 17.2 Å². The summed E-state index contributed by atoms with van der Waals surface area (Å²) in [5.74, 6) is -0.981. The topological polar surface area (TPSA) is 68.0 Å². The predicted molar refractivity (Wildman–Crippen MR) is 60.2 cm³/mol. The molecule has 2 aromatic rings. The van der Waals surface area contributed by atoms with Gasteiger partial charge in [0.05, 0.1) is 18.0 Å². The fraction of sp³-hybridized carbons (Fsp3) is 0.100. The van der Waals surface area contributed by atoms with Crippen LogP contribution in [0.15, 0.2) is 30.6 Å². The Labute approximate surface area is 135 Å². The summed E-state index contributed by atoms with van der Waals surface area (Å²) < 4.78 is 0. The van der Waals surface area contributed by atoms with Gasteiger partial charge in [-0.25, -0.2) is 4.79 Å². The predicted octanol–water partition coefficient (Wildman–Crippen LogP) is 0.625. The van der Waals surface area contributed by atoms with Crippen molar-refractivity contribution in [2.45, 2.75) is 6.92 Å². The number of carboxylic acids is 1. The van der Waals surface area contributed by atoms with Gasteiger partial charge < -0.3 is 5.11 Å². The van der Waals surface area contributed by atoms with E-state index in [1.807, 2.05) is 13.0 Å². The Balaban J connectivity index is 0.00000128. The van der Waals surface area contributed by atoms with Crippen LogP contribution in [0.2, 0.25) is 0 Å². The van der Waals surface area contributed by atoms with Crippen LogP contribution >= 0.6 is 0 Å². The Morgan fingerprint density at radius 2 is 1.94 bits per heavy atom. The molecule has 0 bridgehead atoms. The molecule has 0 saturated carbocycles. The van der Waals surface area contributed by atoms with Gasteiger partial charge in [0.2, 0.25) is 0 Å². The summed E-state index contributed by atoms with van der Waals surface area (Å²) in [4.78, 5) is 12.3. The van der Waals surface area contributed by atoms with Gasteiger partial charge >= 0.3 is 57.4 Å². The molecule has 0 atom stereocenters. The summed E-state index contributed by atoms with van der Waals surface area (Å²) in [6.45, 7) is 1.84. The van der Waals surface area contributed by atoms with Crippen LogP contribution < -0.4 is 0 Å². The van der Waals surface area contributed by atoms with Crippen LogP contribution in [0.1, 0.15) is 15.9 Å². The van der Waals surface area contributed by atoms with Gasteiger partial charge in [-0.3, -0.25) is 0 Å². The molecule has 0 radical (unpaired) electrons. The molecule has 2 rings (SSSR count). The summed E-state index contributed by atoms with van der Waals surface area (Å²) in [5, 5.41) is 16.8. The quantitative estimate of drug-likeness (QED) is 0.785. The van der Waals surface area contributed by atoms with E-state index in [2.05, 4.69) is 10.2 Å². The maximum absolute atomic E-state index is 11.0. The summed E-state index contributed by atoms with van der Waals surface area (Å²) >= 11 is 0. The first-order valence-electron chi connectivity index (χ1n) is 4.39. The molecule has 1 aromatic carbocycles. The first-order valence-corrected chi connectivity index (χ1v) is 4.39. The number of hydrogen-bond acceptors (Lipinski definition) is 3. The van der Waals surface area contributed by atoms with Crippen LogP contribution in [0, 0.1) is 6.92 Å². The van der Waals surface area contributed by atoms with Crippen LogP contribution in [-0.2, 0) is 0 Å². The second-order valence-electron chi connectivity index (χ2n) is 3.14. The summed E-state index contributed by atoms with van der Waals surface area (Å²) in [5.41, 5.74) is 1.56. The zero-order valence-electron chi connectivity index (χ0n) is 8.08. The molecule has 0 aliphatic heterocycles. The molecule has 0 aliphatic carbocycles. The third-order valence-electron chi connectivity index (χ3n) is 2.02. The van der Waals surface area contributed by atoms with Crippen LogP contribution in [0.25, 0.3) is 5.69 Å². The fourth-order valence-corrected chi connectivity index (χ4v) is 1.34. The van der Waals surface area contributed by atoms with Gasteiger partial charge in [0.15, 0.2) is 0 Å². The first-order chi connectivity index (χ1) is 7.18. The van der Waals surface area contributed by atoms with Gasteiger partial charge in [-0.1, -0.05) is 11.6 Å². The van der Waals surface area contributed by atoms with Crippen molar-refractivity contribution < 1.29 is 9.90 Å². The van der Waals surface area contributed by atoms with Crippen LogP contribution in [0.5, 0.6) is 0 Å². The molecule has 0 aliphatic rings. The van der Waals surface area contributed by atoms with Crippen molar-refractivity contribution in [1.29, 1.82) is 0 Å². The number of rotatable bonds is 2. The minimum atomic E-state index is -0.981. The first kappa shape index (κ1) is 13.5. The molecule has 1 heterocycles. The van der Waals surface area contributed by atoms with Gasteiger partial charge in [0.1, 0.15) is 5.69 Å². The third-order valence-corrected chi connectivity index (χ3v) is 2.02. The molecule has 1 N–H and O–H groups in total. The van der Waals surface area contributed by atoms with E-state index in [9.17, 15) is 4.79 Å². The van der Waals surface area contributed by atoms with Gasteiger partial charge in [0.25, 0.3) is 0 Å². The van der Waals surface area contributed by atoms with Gasteiger partial charge in [0, 0.05) is 0 Å². The number of hydrogen-bond donors (Lipinski definition) is 1. The fourth-order valence-electron chi connectivity index (χ4n) is 1.34. The molecule has 0 amide bonds. The normalized spacial score (nSPS) is 9.56. The van der Waals surface area contributed by atoms with Crippen molar-refractivity contribution in [3.63, 3.8) is 0 Å². The number of nitrogens with zero attached hydrogens (tertiary/aromatic N) is 3. The van der Waals surface area contributed by atoms with E-state index in [1.54, 1.807) is 12.1 Å². The van der Waals surface area contributed by atoms with E-state index in [0.717, 1.165) is 5.56 Å². The van der Waals surface area contributed by atoms with Crippen molar-refractivity contribution in [2.75, 3.05) is 0 Å². The van der Waals surface area contributed by atoms with Gasteiger partial charge in [-0.15, -0.1) is 0 Å². The maximum atomic E-state index is 11.0. The monoisotopic (exact) mass is 243 g/mol. The Kier molecular flexibility index (Phi) is 4.81. The van der Waals surface area contributed by atoms with Crippen molar-refractivity contribution >= 4 is 57.4 Å². The van der Waals surface area contributed by atoms with Crippen LogP contribution in [-0.4, -0.2) is 77.5 Å².